The molecule has 0 aromatic heterocycles. The van der Waals surface area contributed by atoms with Gasteiger partial charge < -0.3 is 19.4 Å². The van der Waals surface area contributed by atoms with Gasteiger partial charge in [0.15, 0.2) is 0 Å². The first-order valence-corrected chi connectivity index (χ1v) is 10.6. The SMILES string of the molecule is N#C[C@@H]1CCCN1C(=O)CN(Cl)[C@@H]1C[C@@H]2CN(C(=O)N3CCOCC3)C[C@@H]2C1. The Labute approximate surface area is 171 Å². The van der Waals surface area contributed by atoms with Crippen LogP contribution in [0.25, 0.3) is 0 Å². The van der Waals surface area contributed by atoms with Crippen LogP contribution >= 0.6 is 11.8 Å². The van der Waals surface area contributed by atoms with E-state index in [9.17, 15) is 14.9 Å². The zero-order valence-corrected chi connectivity index (χ0v) is 16.9. The summed E-state index contributed by atoms with van der Waals surface area (Å²) in [5.41, 5.74) is 0. The first-order valence-electron chi connectivity index (χ1n) is 10.3. The number of likely N-dealkylation sites (tertiary alicyclic amines) is 2. The van der Waals surface area contributed by atoms with E-state index in [4.69, 9.17) is 16.5 Å². The van der Waals surface area contributed by atoms with Crippen LogP contribution in [0.2, 0.25) is 0 Å². The maximum Gasteiger partial charge on any atom is 0.320 e. The molecule has 4 fully saturated rings. The minimum atomic E-state index is -0.305. The maximum atomic E-state index is 12.7. The number of carbonyl (C=O) groups excluding carboxylic acids is 2. The fraction of sp³-hybridized carbons (Fsp3) is 0.842. The average Bonchev–Trinajstić information content (AvgIpc) is 3.42. The molecule has 0 aromatic rings. The number of nitriles is 1. The molecule has 4 atom stereocenters. The Morgan fingerprint density at radius 3 is 2.43 bits per heavy atom. The Hall–Kier alpha value is -1.56. The molecule has 3 saturated heterocycles. The molecule has 0 spiro atoms. The van der Waals surface area contributed by atoms with Crippen molar-refractivity contribution in [2.24, 2.45) is 11.8 Å². The van der Waals surface area contributed by atoms with Crippen molar-refractivity contribution in [3.63, 3.8) is 0 Å². The van der Waals surface area contributed by atoms with E-state index in [1.165, 1.54) is 0 Å². The van der Waals surface area contributed by atoms with Crippen molar-refractivity contribution in [1.29, 1.82) is 5.26 Å². The van der Waals surface area contributed by atoms with Crippen LogP contribution in [0.4, 0.5) is 4.79 Å². The summed E-state index contributed by atoms with van der Waals surface area (Å²) in [6.07, 6.45) is 3.46. The average molecular weight is 410 g/mol. The monoisotopic (exact) mass is 409 g/mol. The molecule has 0 unspecified atom stereocenters. The van der Waals surface area contributed by atoms with Gasteiger partial charge in [-0.2, -0.15) is 5.26 Å². The lowest BCUT2D eigenvalue weighted by molar-refractivity contribution is -0.131. The number of ether oxygens (including phenoxy) is 1. The predicted molar refractivity (Wildman–Crippen MR) is 102 cm³/mol. The number of nitrogens with zero attached hydrogens (tertiary/aromatic N) is 5. The Kier molecular flexibility index (Phi) is 5.95. The Bertz CT molecular complexity index is 636. The van der Waals surface area contributed by atoms with Gasteiger partial charge in [-0.25, -0.2) is 9.21 Å². The summed E-state index contributed by atoms with van der Waals surface area (Å²) in [6, 6.07) is 2.19. The summed E-state index contributed by atoms with van der Waals surface area (Å²) in [5.74, 6) is 0.843. The van der Waals surface area contributed by atoms with Gasteiger partial charge in [-0.3, -0.25) is 4.79 Å². The number of morpholine rings is 1. The molecular weight excluding hydrogens is 382 g/mol. The van der Waals surface area contributed by atoms with Crippen LogP contribution in [0.1, 0.15) is 25.7 Å². The molecule has 4 rings (SSSR count). The molecule has 0 N–H and O–H groups in total. The van der Waals surface area contributed by atoms with Crippen LogP contribution in [0.15, 0.2) is 0 Å². The summed E-state index contributed by atoms with van der Waals surface area (Å²) in [6.45, 7) is 4.94. The van der Waals surface area contributed by atoms with Gasteiger partial charge >= 0.3 is 6.03 Å². The number of amides is 3. The minimum Gasteiger partial charge on any atom is -0.378 e. The van der Waals surface area contributed by atoms with Crippen molar-refractivity contribution in [3.05, 3.63) is 0 Å². The maximum absolute atomic E-state index is 12.7. The highest BCUT2D eigenvalue weighted by Crippen LogP contribution is 2.41. The van der Waals surface area contributed by atoms with Gasteiger partial charge in [-0.05, 0) is 49.3 Å². The van der Waals surface area contributed by atoms with Crippen molar-refractivity contribution in [1.82, 2.24) is 19.1 Å². The van der Waals surface area contributed by atoms with Gasteiger partial charge in [0.1, 0.15) is 6.04 Å². The van der Waals surface area contributed by atoms with Crippen molar-refractivity contribution < 1.29 is 14.3 Å². The van der Waals surface area contributed by atoms with Crippen molar-refractivity contribution >= 4 is 23.7 Å². The standard InChI is InChI=1S/C19H28ClN5O3/c20-25(13-18(26)24-3-1-2-16(24)10-21)17-8-14-11-23(12-15(14)9-17)19(27)22-4-6-28-7-5-22/h14-17H,1-9,11-13H2/t14-,15+,16-,17-/m0/s1. The smallest absolute Gasteiger partial charge is 0.320 e. The van der Waals surface area contributed by atoms with Gasteiger partial charge in [0.25, 0.3) is 0 Å². The molecular formula is C19H28ClN5O3. The molecule has 0 bridgehead atoms. The Balaban J connectivity index is 1.26. The number of halogens is 1. The molecule has 8 nitrogen and oxygen atoms in total. The highest BCUT2D eigenvalue weighted by atomic mass is 35.5. The lowest BCUT2D eigenvalue weighted by Crippen LogP contribution is -2.48. The molecule has 9 heteroatoms. The highest BCUT2D eigenvalue weighted by Gasteiger charge is 2.45. The van der Waals surface area contributed by atoms with E-state index in [0.717, 1.165) is 38.8 Å². The molecule has 1 saturated carbocycles. The molecule has 0 aromatic carbocycles. The molecule has 3 heterocycles. The largest absolute Gasteiger partial charge is 0.378 e. The van der Waals surface area contributed by atoms with Gasteiger partial charge in [0.05, 0.1) is 25.8 Å². The quantitative estimate of drug-likeness (QED) is 0.652. The first kappa shape index (κ1) is 19.7. The van der Waals surface area contributed by atoms with E-state index in [-0.39, 0.29) is 30.6 Å². The van der Waals surface area contributed by atoms with E-state index in [1.54, 1.807) is 9.32 Å². The summed E-state index contributed by atoms with van der Waals surface area (Å²) in [4.78, 5) is 30.7. The van der Waals surface area contributed by atoms with Crippen molar-refractivity contribution in [3.8, 4) is 6.07 Å². The van der Waals surface area contributed by atoms with Gasteiger partial charge in [0.2, 0.25) is 5.91 Å². The van der Waals surface area contributed by atoms with E-state index >= 15 is 0 Å². The van der Waals surface area contributed by atoms with E-state index < -0.39 is 0 Å². The van der Waals surface area contributed by atoms with Crippen LogP contribution in [-0.2, 0) is 9.53 Å². The second-order valence-electron chi connectivity index (χ2n) is 8.36. The minimum absolute atomic E-state index is 0.0553. The fourth-order valence-corrected chi connectivity index (χ4v) is 5.42. The van der Waals surface area contributed by atoms with E-state index in [2.05, 4.69) is 6.07 Å². The second kappa shape index (κ2) is 8.44. The van der Waals surface area contributed by atoms with Crippen molar-refractivity contribution in [2.75, 3.05) is 52.5 Å². The van der Waals surface area contributed by atoms with Crippen LogP contribution < -0.4 is 0 Å². The number of fused-ring (bicyclic) bond motifs is 1. The summed E-state index contributed by atoms with van der Waals surface area (Å²) >= 11 is 6.48. The third-order valence-corrected chi connectivity index (χ3v) is 7.08. The van der Waals surface area contributed by atoms with Gasteiger partial charge in [-0.1, -0.05) is 0 Å². The van der Waals surface area contributed by atoms with Gasteiger partial charge in [0, 0.05) is 38.8 Å². The van der Waals surface area contributed by atoms with E-state index in [0.29, 0.717) is 44.7 Å². The second-order valence-corrected chi connectivity index (χ2v) is 8.80. The normalized spacial score (nSPS) is 32.7. The molecule has 154 valence electrons. The third kappa shape index (κ3) is 3.93. The lowest BCUT2D eigenvalue weighted by Gasteiger charge is -2.32. The number of carbonyl (C=O) groups is 2. The zero-order valence-electron chi connectivity index (χ0n) is 16.1. The summed E-state index contributed by atoms with van der Waals surface area (Å²) < 4.78 is 6.97. The summed E-state index contributed by atoms with van der Waals surface area (Å²) in [7, 11) is 0. The lowest BCUT2D eigenvalue weighted by atomic mass is 10.0. The Morgan fingerprint density at radius 2 is 1.79 bits per heavy atom. The molecule has 3 amide bonds. The van der Waals surface area contributed by atoms with Crippen molar-refractivity contribution in [2.45, 2.75) is 37.8 Å². The Morgan fingerprint density at radius 1 is 1.11 bits per heavy atom. The molecule has 1 aliphatic carbocycles. The van der Waals surface area contributed by atoms with Crippen LogP contribution in [0.3, 0.4) is 0 Å². The fourth-order valence-electron chi connectivity index (χ4n) is 5.16. The molecule has 28 heavy (non-hydrogen) atoms. The predicted octanol–water partition coefficient (Wildman–Crippen LogP) is 1.12. The molecule has 0 radical (unpaired) electrons. The molecule has 3 aliphatic heterocycles. The topological polar surface area (TPSA) is 80.1 Å². The van der Waals surface area contributed by atoms with Crippen LogP contribution in [0, 0.1) is 23.2 Å². The van der Waals surface area contributed by atoms with Crippen LogP contribution in [0.5, 0.6) is 0 Å². The number of hydrogen-bond acceptors (Lipinski definition) is 5. The first-order chi connectivity index (χ1) is 13.6. The number of urea groups is 1. The van der Waals surface area contributed by atoms with Crippen LogP contribution in [-0.4, -0.2) is 95.6 Å². The number of rotatable bonds is 3. The zero-order chi connectivity index (χ0) is 19.7. The number of hydrogen-bond donors (Lipinski definition) is 0. The third-order valence-electron chi connectivity index (χ3n) is 6.68. The van der Waals surface area contributed by atoms with Gasteiger partial charge in [-0.15, -0.1) is 0 Å². The highest BCUT2D eigenvalue weighted by molar-refractivity contribution is 6.14. The summed E-state index contributed by atoms with van der Waals surface area (Å²) in [5, 5.41) is 9.17. The molecule has 4 aliphatic rings. The van der Waals surface area contributed by atoms with E-state index in [1.807, 2.05) is 9.80 Å².